The molecule has 2 aromatic carbocycles. The number of ether oxygens (including phenoxy) is 1. The van der Waals surface area contributed by atoms with Crippen molar-refractivity contribution in [1.82, 2.24) is 0 Å². The maximum Gasteiger partial charge on any atom is 0.400 e. The van der Waals surface area contributed by atoms with Gasteiger partial charge in [0, 0.05) is 22.2 Å². The number of nitrogens with two attached hydrogens (primary N) is 1. The Morgan fingerprint density at radius 1 is 1.19 bits per heavy atom. The SMILES string of the molecule is Cc1cc(OCc2ccc(C(=O)O/N=C(\N)c3ccc(Cl)cc3Cl)o2)ccc1[N+](=O)[O-]. The van der Waals surface area contributed by atoms with Gasteiger partial charge in [-0.25, -0.2) is 4.79 Å². The summed E-state index contributed by atoms with van der Waals surface area (Å²) in [5.74, 6) is -0.345. The van der Waals surface area contributed by atoms with Gasteiger partial charge < -0.3 is 19.7 Å². The van der Waals surface area contributed by atoms with Crippen LogP contribution in [0.25, 0.3) is 0 Å². The fourth-order valence-electron chi connectivity index (χ4n) is 2.52. The third-order valence-corrected chi connectivity index (χ3v) is 4.59. The number of nitro groups is 1. The van der Waals surface area contributed by atoms with Gasteiger partial charge in [0.15, 0.2) is 5.84 Å². The van der Waals surface area contributed by atoms with Crippen molar-refractivity contribution in [2.24, 2.45) is 10.9 Å². The normalized spacial score (nSPS) is 11.3. The summed E-state index contributed by atoms with van der Waals surface area (Å²) >= 11 is 11.9. The number of nitro benzene ring substituents is 1. The van der Waals surface area contributed by atoms with E-state index in [4.69, 9.17) is 42.9 Å². The number of oxime groups is 1. The number of hydrogen-bond acceptors (Lipinski definition) is 7. The summed E-state index contributed by atoms with van der Waals surface area (Å²) in [6, 6.07) is 11.9. The highest BCUT2D eigenvalue weighted by molar-refractivity contribution is 6.36. The Hall–Kier alpha value is -3.56. The van der Waals surface area contributed by atoms with E-state index in [-0.39, 0.29) is 28.9 Å². The molecule has 0 amide bonds. The van der Waals surface area contributed by atoms with Gasteiger partial charge in [-0.3, -0.25) is 10.1 Å². The van der Waals surface area contributed by atoms with Gasteiger partial charge in [0.1, 0.15) is 18.1 Å². The second-order valence-electron chi connectivity index (χ2n) is 6.24. The number of furan rings is 1. The number of hydrogen-bond donors (Lipinski definition) is 1. The highest BCUT2D eigenvalue weighted by atomic mass is 35.5. The van der Waals surface area contributed by atoms with Crippen molar-refractivity contribution < 1.29 is 23.7 Å². The van der Waals surface area contributed by atoms with Crippen LogP contribution < -0.4 is 10.5 Å². The largest absolute Gasteiger partial charge is 0.486 e. The third-order valence-electron chi connectivity index (χ3n) is 4.04. The number of halogens is 2. The molecule has 0 atom stereocenters. The lowest BCUT2D eigenvalue weighted by atomic mass is 10.2. The van der Waals surface area contributed by atoms with Crippen LogP contribution >= 0.6 is 23.2 Å². The van der Waals surface area contributed by atoms with Crippen LogP contribution in [0, 0.1) is 17.0 Å². The zero-order valence-electron chi connectivity index (χ0n) is 16.0. The molecule has 1 aromatic heterocycles. The summed E-state index contributed by atoms with van der Waals surface area (Å²) in [6.45, 7) is 1.60. The highest BCUT2D eigenvalue weighted by Crippen LogP contribution is 2.24. The molecule has 0 unspecified atom stereocenters. The lowest BCUT2D eigenvalue weighted by Gasteiger charge is -2.05. The maximum absolute atomic E-state index is 12.1. The standard InChI is InChI=1S/C20H15Cl2N3O6/c1-11-8-13(3-6-17(11)25(27)28)29-10-14-4-7-18(30-14)20(26)31-24-19(23)15-5-2-12(21)9-16(15)22/h2-9H,10H2,1H3,(H2,23,24). The van der Waals surface area contributed by atoms with E-state index in [1.807, 2.05) is 0 Å². The summed E-state index contributed by atoms with van der Waals surface area (Å²) in [5.41, 5.74) is 6.59. The first-order valence-corrected chi connectivity index (χ1v) is 9.47. The number of rotatable bonds is 7. The van der Waals surface area contributed by atoms with E-state index >= 15 is 0 Å². The van der Waals surface area contributed by atoms with Gasteiger partial charge in [0.2, 0.25) is 5.76 Å². The monoisotopic (exact) mass is 463 g/mol. The van der Waals surface area contributed by atoms with Gasteiger partial charge in [-0.15, -0.1) is 0 Å². The van der Waals surface area contributed by atoms with E-state index in [9.17, 15) is 14.9 Å². The zero-order valence-corrected chi connectivity index (χ0v) is 17.5. The topological polar surface area (TPSA) is 130 Å². The number of aryl methyl sites for hydroxylation is 1. The molecule has 0 aliphatic heterocycles. The Morgan fingerprint density at radius 3 is 2.65 bits per heavy atom. The number of amidine groups is 1. The molecular formula is C20H15Cl2N3O6. The molecule has 3 rings (SSSR count). The molecule has 3 aromatic rings. The quantitative estimate of drug-likeness (QED) is 0.174. The lowest BCUT2D eigenvalue weighted by Crippen LogP contribution is -2.15. The molecular weight excluding hydrogens is 449 g/mol. The van der Waals surface area contributed by atoms with Gasteiger partial charge in [-0.2, -0.15) is 0 Å². The summed E-state index contributed by atoms with van der Waals surface area (Å²) in [5, 5.41) is 15.1. The van der Waals surface area contributed by atoms with Gasteiger partial charge in [-0.1, -0.05) is 28.4 Å². The minimum Gasteiger partial charge on any atom is -0.486 e. The van der Waals surface area contributed by atoms with E-state index in [1.165, 1.54) is 36.4 Å². The molecule has 31 heavy (non-hydrogen) atoms. The van der Waals surface area contributed by atoms with Crippen LogP contribution in [0.3, 0.4) is 0 Å². The fraction of sp³-hybridized carbons (Fsp3) is 0.100. The average Bonchev–Trinajstić information content (AvgIpc) is 3.19. The van der Waals surface area contributed by atoms with Crippen LogP contribution in [0.15, 0.2) is 58.1 Å². The van der Waals surface area contributed by atoms with Crippen molar-refractivity contribution in [3.63, 3.8) is 0 Å². The highest BCUT2D eigenvalue weighted by Gasteiger charge is 2.15. The molecule has 0 saturated carbocycles. The van der Waals surface area contributed by atoms with Crippen LogP contribution in [0.2, 0.25) is 10.0 Å². The number of nitrogens with zero attached hydrogens (tertiary/aromatic N) is 2. The van der Waals surface area contributed by atoms with Crippen molar-refractivity contribution in [3.05, 3.63) is 91.3 Å². The number of carbonyl (C=O) groups is 1. The van der Waals surface area contributed by atoms with Crippen LogP contribution in [0.4, 0.5) is 5.69 Å². The van der Waals surface area contributed by atoms with Gasteiger partial charge in [0.05, 0.1) is 9.95 Å². The maximum atomic E-state index is 12.1. The van der Waals surface area contributed by atoms with Gasteiger partial charge in [0.25, 0.3) is 5.69 Å². The summed E-state index contributed by atoms with van der Waals surface area (Å²) in [4.78, 5) is 27.3. The van der Waals surface area contributed by atoms with E-state index in [1.54, 1.807) is 19.1 Å². The van der Waals surface area contributed by atoms with E-state index in [0.717, 1.165) is 0 Å². The van der Waals surface area contributed by atoms with Crippen molar-refractivity contribution in [1.29, 1.82) is 0 Å². The molecule has 11 heteroatoms. The van der Waals surface area contributed by atoms with Gasteiger partial charge in [-0.05, 0) is 49.4 Å². The molecule has 0 aliphatic rings. The fourth-order valence-corrected chi connectivity index (χ4v) is 3.03. The van der Waals surface area contributed by atoms with E-state index in [0.29, 0.717) is 27.7 Å². The Bertz CT molecular complexity index is 1180. The Kier molecular flexibility index (Phi) is 6.78. The smallest absolute Gasteiger partial charge is 0.400 e. The lowest BCUT2D eigenvalue weighted by molar-refractivity contribution is -0.385. The molecule has 2 N–H and O–H groups in total. The van der Waals surface area contributed by atoms with Crippen molar-refractivity contribution in [2.45, 2.75) is 13.5 Å². The first-order chi connectivity index (χ1) is 14.7. The Labute approximate surface area is 186 Å². The molecule has 9 nitrogen and oxygen atoms in total. The first kappa shape index (κ1) is 22.1. The van der Waals surface area contributed by atoms with Crippen molar-refractivity contribution in [3.8, 4) is 5.75 Å². The summed E-state index contributed by atoms with van der Waals surface area (Å²) in [7, 11) is 0. The minimum atomic E-state index is -0.870. The molecule has 0 fully saturated rings. The van der Waals surface area contributed by atoms with Crippen LogP contribution in [0.1, 0.15) is 27.4 Å². The van der Waals surface area contributed by atoms with Crippen LogP contribution in [0.5, 0.6) is 5.75 Å². The average molecular weight is 464 g/mol. The predicted octanol–water partition coefficient (Wildman–Crippen LogP) is 4.86. The van der Waals surface area contributed by atoms with Crippen LogP contribution in [-0.4, -0.2) is 16.7 Å². The second-order valence-corrected chi connectivity index (χ2v) is 7.08. The molecule has 0 bridgehead atoms. The van der Waals surface area contributed by atoms with Crippen molar-refractivity contribution >= 4 is 40.7 Å². The number of benzene rings is 2. The summed E-state index contributed by atoms with van der Waals surface area (Å²) in [6.07, 6.45) is 0. The Morgan fingerprint density at radius 2 is 1.97 bits per heavy atom. The molecule has 0 saturated heterocycles. The molecule has 0 aliphatic carbocycles. The molecule has 0 spiro atoms. The molecule has 0 radical (unpaired) electrons. The Balaban J connectivity index is 1.60. The van der Waals surface area contributed by atoms with Crippen LogP contribution in [-0.2, 0) is 11.4 Å². The van der Waals surface area contributed by atoms with Crippen molar-refractivity contribution in [2.75, 3.05) is 0 Å². The van der Waals surface area contributed by atoms with E-state index < -0.39 is 10.9 Å². The predicted molar refractivity (Wildman–Crippen MR) is 113 cm³/mol. The second kappa shape index (κ2) is 9.50. The minimum absolute atomic E-state index is 0.00365. The molecule has 1 heterocycles. The first-order valence-electron chi connectivity index (χ1n) is 8.71. The third kappa shape index (κ3) is 5.53. The summed E-state index contributed by atoms with van der Waals surface area (Å²) < 4.78 is 10.9. The van der Waals surface area contributed by atoms with Gasteiger partial charge >= 0.3 is 5.97 Å². The number of carbonyl (C=O) groups excluding carboxylic acids is 1. The zero-order chi connectivity index (χ0) is 22.5. The molecule has 160 valence electrons. The van der Waals surface area contributed by atoms with E-state index in [2.05, 4.69) is 5.16 Å².